The summed E-state index contributed by atoms with van der Waals surface area (Å²) in [6.07, 6.45) is 7.56. The SMILES string of the molecule is Cc1c(F)ccc(F)c1-c1c(C(=O)N[C@@H](CS(C)(=O)=O)c2cccc(Cl)c2)cn(C)c1C(=O)c1ccc(C#CCCCCCCBr)cc1. The fraction of sp³-hybridized carbons (Fsp3) is 0.297. The molecule has 0 spiro atoms. The molecule has 0 radical (unpaired) electrons. The zero-order valence-corrected chi connectivity index (χ0v) is 30.0. The van der Waals surface area contributed by atoms with Crippen LogP contribution in [-0.2, 0) is 16.9 Å². The largest absolute Gasteiger partial charge is 0.347 e. The molecule has 1 heterocycles. The fourth-order valence-electron chi connectivity index (χ4n) is 5.44. The van der Waals surface area contributed by atoms with Crippen molar-refractivity contribution in [3.05, 3.63) is 117 Å². The molecule has 0 fully saturated rings. The Morgan fingerprint density at radius 2 is 1.67 bits per heavy atom. The molecule has 0 bridgehead atoms. The monoisotopic (exact) mass is 756 g/mol. The number of aromatic nitrogens is 1. The molecular formula is C37H36BrClF2N2O4S. The molecule has 1 amide bonds. The molecule has 3 aromatic carbocycles. The van der Waals surface area contributed by atoms with Gasteiger partial charge < -0.3 is 9.88 Å². The van der Waals surface area contributed by atoms with Crippen LogP contribution in [0.15, 0.2) is 66.9 Å². The summed E-state index contributed by atoms with van der Waals surface area (Å²) < 4.78 is 56.6. The number of carbonyl (C=O) groups is 2. The number of amides is 1. The summed E-state index contributed by atoms with van der Waals surface area (Å²) >= 11 is 9.59. The van der Waals surface area contributed by atoms with Crippen LogP contribution in [0.1, 0.15) is 81.2 Å². The first kappa shape index (κ1) is 37.0. The Bertz CT molecular complexity index is 1980. The molecule has 1 aromatic heterocycles. The second-order valence-electron chi connectivity index (χ2n) is 11.6. The number of alkyl halides is 1. The number of sulfone groups is 1. The van der Waals surface area contributed by atoms with E-state index in [0.29, 0.717) is 10.6 Å². The van der Waals surface area contributed by atoms with Gasteiger partial charge in [0.25, 0.3) is 5.91 Å². The van der Waals surface area contributed by atoms with Crippen LogP contribution in [0.4, 0.5) is 8.78 Å². The number of hydrogen-bond acceptors (Lipinski definition) is 4. The molecule has 11 heteroatoms. The molecule has 0 aliphatic heterocycles. The van der Waals surface area contributed by atoms with Crippen molar-refractivity contribution in [3.8, 4) is 23.0 Å². The second kappa shape index (κ2) is 16.6. The van der Waals surface area contributed by atoms with E-state index in [9.17, 15) is 22.4 Å². The van der Waals surface area contributed by atoms with Gasteiger partial charge in [0, 0.05) is 58.5 Å². The van der Waals surface area contributed by atoms with Crippen LogP contribution in [0.2, 0.25) is 5.02 Å². The zero-order chi connectivity index (χ0) is 35.0. The number of hydrogen-bond donors (Lipinski definition) is 1. The number of halogens is 4. The van der Waals surface area contributed by atoms with E-state index >= 15 is 4.39 Å². The predicted octanol–water partition coefficient (Wildman–Crippen LogP) is 8.38. The first-order valence-electron chi connectivity index (χ1n) is 15.4. The Labute approximate surface area is 293 Å². The minimum atomic E-state index is -3.60. The molecule has 0 saturated carbocycles. The Morgan fingerprint density at radius 1 is 0.979 bits per heavy atom. The topological polar surface area (TPSA) is 85.2 Å². The van der Waals surface area contributed by atoms with E-state index in [1.807, 2.05) is 0 Å². The number of rotatable bonds is 13. The first-order valence-corrected chi connectivity index (χ1v) is 18.9. The standard InChI is InChI=1S/C37H36BrClF2N2O4S/c1-24-30(40)18-19-31(41)33(24)34-29(37(45)42-32(23-48(3,46)47)27-12-10-13-28(39)21-27)22-43(2)35(34)36(44)26-16-14-25(15-17-26)11-8-6-4-5-7-9-20-38/h10,12-19,21-22,32H,4-7,9,20,23H2,1-3H3,(H,42,45)/t32-/m0/s1. The second-order valence-corrected chi connectivity index (χ2v) is 15.1. The molecule has 4 aromatic rings. The van der Waals surface area contributed by atoms with Crippen molar-refractivity contribution in [1.82, 2.24) is 9.88 Å². The maximum atomic E-state index is 15.6. The summed E-state index contributed by atoms with van der Waals surface area (Å²) in [6, 6.07) is 13.9. The first-order chi connectivity index (χ1) is 22.8. The number of unbranched alkanes of at least 4 members (excludes halogenated alkanes) is 4. The third-order valence-corrected chi connectivity index (χ3v) is 9.57. The lowest BCUT2D eigenvalue weighted by atomic mass is 9.92. The minimum Gasteiger partial charge on any atom is -0.347 e. The number of aryl methyl sites for hydroxylation is 1. The lowest BCUT2D eigenvalue weighted by Gasteiger charge is -2.19. The quantitative estimate of drug-likeness (QED) is 0.0643. The van der Waals surface area contributed by atoms with Crippen LogP contribution in [0.5, 0.6) is 0 Å². The summed E-state index contributed by atoms with van der Waals surface area (Å²) in [6.45, 7) is 1.37. The Morgan fingerprint density at radius 3 is 2.33 bits per heavy atom. The van der Waals surface area contributed by atoms with Gasteiger partial charge in [-0.15, -0.1) is 0 Å². The average Bonchev–Trinajstić information content (AvgIpc) is 3.38. The van der Waals surface area contributed by atoms with Crippen molar-refractivity contribution in [2.45, 2.75) is 45.1 Å². The van der Waals surface area contributed by atoms with E-state index in [2.05, 4.69) is 33.1 Å². The van der Waals surface area contributed by atoms with E-state index in [-0.39, 0.29) is 33.5 Å². The van der Waals surface area contributed by atoms with Gasteiger partial charge in [-0.2, -0.15) is 0 Å². The Hall–Kier alpha value is -3.78. The Balaban J connectivity index is 1.74. The highest BCUT2D eigenvalue weighted by Crippen LogP contribution is 2.36. The normalized spacial score (nSPS) is 11.9. The molecule has 0 aliphatic carbocycles. The molecule has 0 saturated heterocycles. The van der Waals surface area contributed by atoms with E-state index in [1.54, 1.807) is 42.5 Å². The molecule has 6 nitrogen and oxygen atoms in total. The lowest BCUT2D eigenvalue weighted by molar-refractivity contribution is 0.0940. The molecule has 0 aliphatic rings. The van der Waals surface area contributed by atoms with Crippen molar-refractivity contribution < 1.29 is 26.8 Å². The molecule has 1 atom stereocenters. The van der Waals surface area contributed by atoms with E-state index in [4.69, 9.17) is 11.6 Å². The Kier molecular flexibility index (Phi) is 12.8. The van der Waals surface area contributed by atoms with Gasteiger partial charge in [0.15, 0.2) is 0 Å². The van der Waals surface area contributed by atoms with Gasteiger partial charge in [-0.1, -0.05) is 64.3 Å². The fourth-order valence-corrected chi connectivity index (χ4v) is 6.91. The number of carbonyl (C=O) groups excluding carboxylic acids is 2. The van der Waals surface area contributed by atoms with Crippen LogP contribution < -0.4 is 5.32 Å². The third kappa shape index (κ3) is 9.43. The molecule has 0 unspecified atom stereocenters. The molecule has 252 valence electrons. The highest BCUT2D eigenvalue weighted by atomic mass is 79.9. The summed E-state index contributed by atoms with van der Waals surface area (Å²) in [4.78, 5) is 28.0. The van der Waals surface area contributed by atoms with E-state index in [1.165, 1.54) is 30.8 Å². The van der Waals surface area contributed by atoms with Crippen molar-refractivity contribution in [2.75, 3.05) is 17.3 Å². The van der Waals surface area contributed by atoms with Gasteiger partial charge in [-0.05, 0) is 79.4 Å². The van der Waals surface area contributed by atoms with E-state index < -0.39 is 45.0 Å². The molecule has 1 N–H and O–H groups in total. The van der Waals surface area contributed by atoms with Crippen LogP contribution in [-0.4, -0.2) is 42.0 Å². The maximum absolute atomic E-state index is 15.6. The van der Waals surface area contributed by atoms with E-state index in [0.717, 1.165) is 61.4 Å². The van der Waals surface area contributed by atoms with Gasteiger partial charge in [0.05, 0.1) is 23.1 Å². The number of nitrogens with one attached hydrogen (secondary N) is 1. The molecular weight excluding hydrogens is 722 g/mol. The summed E-state index contributed by atoms with van der Waals surface area (Å²) in [5.41, 5.74) is 0.792. The van der Waals surface area contributed by atoms with Crippen LogP contribution in [0, 0.1) is 30.4 Å². The third-order valence-electron chi connectivity index (χ3n) is 7.83. The van der Waals surface area contributed by atoms with Gasteiger partial charge in [-0.3, -0.25) is 9.59 Å². The minimum absolute atomic E-state index is 0.0440. The van der Waals surface area contributed by atoms with Crippen molar-refractivity contribution in [2.24, 2.45) is 7.05 Å². The van der Waals surface area contributed by atoms with Crippen LogP contribution >= 0.6 is 27.5 Å². The average molecular weight is 758 g/mol. The maximum Gasteiger partial charge on any atom is 0.253 e. The highest BCUT2D eigenvalue weighted by molar-refractivity contribution is 9.09. The van der Waals surface area contributed by atoms with Crippen LogP contribution in [0.25, 0.3) is 11.1 Å². The molecule has 48 heavy (non-hydrogen) atoms. The highest BCUT2D eigenvalue weighted by Gasteiger charge is 2.31. The lowest BCUT2D eigenvalue weighted by Crippen LogP contribution is -2.33. The van der Waals surface area contributed by atoms with Crippen molar-refractivity contribution in [3.63, 3.8) is 0 Å². The number of ketones is 1. The predicted molar refractivity (Wildman–Crippen MR) is 191 cm³/mol. The van der Waals surface area contributed by atoms with Gasteiger partial charge >= 0.3 is 0 Å². The van der Waals surface area contributed by atoms with Crippen LogP contribution in [0.3, 0.4) is 0 Å². The summed E-state index contributed by atoms with van der Waals surface area (Å²) in [7, 11) is -2.07. The smallest absolute Gasteiger partial charge is 0.253 e. The van der Waals surface area contributed by atoms with Gasteiger partial charge in [-0.25, -0.2) is 17.2 Å². The molecule has 4 rings (SSSR count). The summed E-state index contributed by atoms with van der Waals surface area (Å²) in [5, 5.41) is 4.06. The zero-order valence-electron chi connectivity index (χ0n) is 26.9. The van der Waals surface area contributed by atoms with Crippen molar-refractivity contribution >= 4 is 49.1 Å². The van der Waals surface area contributed by atoms with Crippen molar-refractivity contribution in [1.29, 1.82) is 0 Å². The number of nitrogens with zero attached hydrogens (tertiary/aromatic N) is 1. The summed E-state index contributed by atoms with van der Waals surface area (Å²) in [5.74, 6) is 2.96. The number of benzene rings is 3. The van der Waals surface area contributed by atoms with Gasteiger partial charge in [0.2, 0.25) is 5.78 Å². The van der Waals surface area contributed by atoms with Gasteiger partial charge in [0.1, 0.15) is 21.5 Å².